The molecule has 1 aliphatic rings. The fourth-order valence-electron chi connectivity index (χ4n) is 2.51. The minimum absolute atomic E-state index is 0.0809. The molecule has 0 aromatic carbocycles. The van der Waals surface area contributed by atoms with Crippen molar-refractivity contribution in [3.05, 3.63) is 0 Å². The van der Waals surface area contributed by atoms with Crippen LogP contribution >= 0.6 is 0 Å². The second-order valence-corrected chi connectivity index (χ2v) is 7.39. The molecule has 3 nitrogen and oxygen atoms in total. The summed E-state index contributed by atoms with van der Waals surface area (Å²) in [4.78, 5) is 2.44. The van der Waals surface area contributed by atoms with Gasteiger partial charge in [-0.1, -0.05) is 20.3 Å². The topological polar surface area (TPSA) is 37.4 Å². The molecular formula is C12H25NO2S. The Morgan fingerprint density at radius 1 is 1.25 bits per heavy atom. The Labute approximate surface area is 100 Å². The van der Waals surface area contributed by atoms with Crippen molar-refractivity contribution >= 4 is 9.84 Å². The first kappa shape index (κ1) is 14.0. The van der Waals surface area contributed by atoms with Crippen molar-refractivity contribution in [3.8, 4) is 0 Å². The van der Waals surface area contributed by atoms with Crippen molar-refractivity contribution in [1.29, 1.82) is 0 Å². The number of rotatable bonds is 5. The van der Waals surface area contributed by atoms with Gasteiger partial charge in [-0.3, -0.25) is 0 Å². The van der Waals surface area contributed by atoms with E-state index in [2.05, 4.69) is 18.7 Å². The number of hydrogen-bond acceptors (Lipinski definition) is 3. The van der Waals surface area contributed by atoms with Crippen LogP contribution in [0.15, 0.2) is 0 Å². The second kappa shape index (κ2) is 6.01. The van der Waals surface area contributed by atoms with Crippen LogP contribution in [0, 0.1) is 0 Å². The Balaban J connectivity index is 2.45. The van der Waals surface area contributed by atoms with Crippen LogP contribution in [-0.2, 0) is 9.84 Å². The maximum atomic E-state index is 11.7. The van der Waals surface area contributed by atoms with E-state index in [-0.39, 0.29) is 5.25 Å². The van der Waals surface area contributed by atoms with E-state index in [9.17, 15) is 8.42 Å². The monoisotopic (exact) mass is 247 g/mol. The highest BCUT2D eigenvalue weighted by Crippen LogP contribution is 2.21. The van der Waals surface area contributed by atoms with Crippen molar-refractivity contribution in [1.82, 2.24) is 4.90 Å². The molecule has 1 saturated heterocycles. The Hall–Kier alpha value is -0.0900. The van der Waals surface area contributed by atoms with Crippen molar-refractivity contribution < 1.29 is 8.42 Å². The van der Waals surface area contributed by atoms with Gasteiger partial charge in [0.05, 0.1) is 5.25 Å². The van der Waals surface area contributed by atoms with E-state index in [4.69, 9.17) is 0 Å². The van der Waals surface area contributed by atoms with Gasteiger partial charge >= 0.3 is 0 Å². The molecular weight excluding hydrogens is 222 g/mol. The molecule has 0 N–H and O–H groups in total. The van der Waals surface area contributed by atoms with E-state index in [1.165, 1.54) is 12.8 Å². The third kappa shape index (κ3) is 3.45. The van der Waals surface area contributed by atoms with Gasteiger partial charge in [0, 0.05) is 11.8 Å². The summed E-state index contributed by atoms with van der Waals surface area (Å²) >= 11 is 0. The van der Waals surface area contributed by atoms with E-state index in [1.54, 1.807) is 6.92 Å². The molecule has 16 heavy (non-hydrogen) atoms. The molecule has 0 bridgehead atoms. The van der Waals surface area contributed by atoms with Gasteiger partial charge in [-0.05, 0) is 39.3 Å². The molecule has 1 fully saturated rings. The van der Waals surface area contributed by atoms with Crippen LogP contribution in [0.3, 0.4) is 0 Å². The molecule has 1 heterocycles. The summed E-state index contributed by atoms with van der Waals surface area (Å²) in [5.41, 5.74) is 0. The van der Waals surface area contributed by atoms with Gasteiger partial charge < -0.3 is 4.90 Å². The number of likely N-dealkylation sites (tertiary alicyclic amines) is 1. The van der Waals surface area contributed by atoms with Crippen LogP contribution in [0.4, 0.5) is 0 Å². The SMILES string of the molecule is CCC[C@H](C)N1CCC(S(=O)(=O)CC)CC1. The smallest absolute Gasteiger partial charge is 0.152 e. The van der Waals surface area contributed by atoms with E-state index in [0.717, 1.165) is 25.9 Å². The predicted octanol–water partition coefficient (Wildman–Crippen LogP) is 2.07. The second-order valence-electron chi connectivity index (χ2n) is 4.82. The van der Waals surface area contributed by atoms with Crippen LogP contribution in [0.25, 0.3) is 0 Å². The Kier molecular flexibility index (Phi) is 5.25. The molecule has 0 aromatic heterocycles. The zero-order chi connectivity index (χ0) is 12.2. The summed E-state index contributed by atoms with van der Waals surface area (Å²) in [5.74, 6) is 0.294. The summed E-state index contributed by atoms with van der Waals surface area (Å²) < 4.78 is 23.5. The quantitative estimate of drug-likeness (QED) is 0.746. The maximum Gasteiger partial charge on any atom is 0.152 e. The third-order valence-corrected chi connectivity index (χ3v) is 6.01. The van der Waals surface area contributed by atoms with Gasteiger partial charge in [0.1, 0.15) is 0 Å². The first-order valence-corrected chi connectivity index (χ1v) is 8.18. The minimum atomic E-state index is -2.81. The van der Waals surface area contributed by atoms with E-state index >= 15 is 0 Å². The molecule has 0 saturated carbocycles. The normalized spacial score (nSPS) is 22.2. The summed E-state index contributed by atoms with van der Waals surface area (Å²) in [6, 6.07) is 0.607. The summed E-state index contributed by atoms with van der Waals surface area (Å²) in [6.07, 6.45) is 4.06. The van der Waals surface area contributed by atoms with Gasteiger partial charge in [-0.15, -0.1) is 0 Å². The third-order valence-electron chi connectivity index (χ3n) is 3.72. The minimum Gasteiger partial charge on any atom is -0.301 e. The fourth-order valence-corrected chi connectivity index (χ4v) is 3.91. The highest BCUT2D eigenvalue weighted by atomic mass is 32.2. The largest absolute Gasteiger partial charge is 0.301 e. The molecule has 0 amide bonds. The predicted molar refractivity (Wildman–Crippen MR) is 68.4 cm³/mol. The summed E-state index contributed by atoms with van der Waals surface area (Å²) in [6.45, 7) is 8.10. The van der Waals surface area contributed by atoms with Crippen molar-refractivity contribution in [2.45, 2.75) is 57.7 Å². The molecule has 4 heteroatoms. The van der Waals surface area contributed by atoms with Crippen molar-refractivity contribution in [2.75, 3.05) is 18.8 Å². The first-order valence-electron chi connectivity index (χ1n) is 6.46. The molecule has 0 unspecified atom stereocenters. The van der Waals surface area contributed by atoms with Crippen LogP contribution in [0.5, 0.6) is 0 Å². The van der Waals surface area contributed by atoms with Crippen LogP contribution < -0.4 is 0 Å². The zero-order valence-electron chi connectivity index (χ0n) is 10.8. The molecule has 0 aliphatic carbocycles. The molecule has 0 spiro atoms. The van der Waals surface area contributed by atoms with Crippen molar-refractivity contribution in [2.24, 2.45) is 0 Å². The van der Waals surface area contributed by atoms with Gasteiger partial charge in [0.15, 0.2) is 9.84 Å². The Morgan fingerprint density at radius 3 is 2.25 bits per heavy atom. The molecule has 1 aliphatic heterocycles. The fraction of sp³-hybridized carbons (Fsp3) is 1.00. The summed E-state index contributed by atoms with van der Waals surface area (Å²) in [5, 5.41) is -0.0809. The average molecular weight is 247 g/mol. The van der Waals surface area contributed by atoms with Gasteiger partial charge in [-0.2, -0.15) is 0 Å². The van der Waals surface area contributed by atoms with E-state index in [0.29, 0.717) is 11.8 Å². The Morgan fingerprint density at radius 2 is 1.81 bits per heavy atom. The number of sulfone groups is 1. The van der Waals surface area contributed by atoms with E-state index < -0.39 is 9.84 Å². The zero-order valence-corrected chi connectivity index (χ0v) is 11.6. The first-order chi connectivity index (χ1) is 7.51. The standard InChI is InChI=1S/C12H25NO2S/c1-4-6-11(3)13-9-7-12(8-10-13)16(14,15)5-2/h11-12H,4-10H2,1-3H3/t11-/m0/s1. The van der Waals surface area contributed by atoms with Crippen LogP contribution in [0.1, 0.15) is 46.5 Å². The number of hydrogen-bond donors (Lipinski definition) is 0. The maximum absolute atomic E-state index is 11.7. The lowest BCUT2D eigenvalue weighted by Gasteiger charge is -2.35. The Bertz CT molecular complexity index is 292. The highest BCUT2D eigenvalue weighted by molar-refractivity contribution is 7.92. The molecule has 1 rings (SSSR count). The van der Waals surface area contributed by atoms with Crippen molar-refractivity contribution in [3.63, 3.8) is 0 Å². The number of piperidine rings is 1. The van der Waals surface area contributed by atoms with Crippen LogP contribution in [-0.4, -0.2) is 43.5 Å². The van der Waals surface area contributed by atoms with E-state index in [1.807, 2.05) is 0 Å². The molecule has 96 valence electrons. The van der Waals surface area contributed by atoms with Gasteiger partial charge in [0.2, 0.25) is 0 Å². The molecule has 1 atom stereocenters. The summed E-state index contributed by atoms with van der Waals surface area (Å²) in [7, 11) is -2.81. The molecule has 0 radical (unpaired) electrons. The highest BCUT2D eigenvalue weighted by Gasteiger charge is 2.29. The lowest BCUT2D eigenvalue weighted by Crippen LogP contribution is -2.43. The van der Waals surface area contributed by atoms with Gasteiger partial charge in [0.25, 0.3) is 0 Å². The number of nitrogens with zero attached hydrogens (tertiary/aromatic N) is 1. The van der Waals surface area contributed by atoms with Crippen LogP contribution in [0.2, 0.25) is 0 Å². The molecule has 0 aromatic rings. The lowest BCUT2D eigenvalue weighted by molar-refractivity contribution is 0.167. The lowest BCUT2D eigenvalue weighted by atomic mass is 10.1. The average Bonchev–Trinajstić information content (AvgIpc) is 2.29. The van der Waals surface area contributed by atoms with Gasteiger partial charge in [-0.25, -0.2) is 8.42 Å².